The third kappa shape index (κ3) is 6.17. The zero-order chi connectivity index (χ0) is 19.4. The fraction of sp³-hybridized carbons (Fsp3) is 0.375. The Labute approximate surface area is 147 Å². The van der Waals surface area contributed by atoms with Crippen LogP contribution in [0.1, 0.15) is 17.5 Å². The number of sulfone groups is 1. The van der Waals surface area contributed by atoms with Crippen molar-refractivity contribution in [2.75, 3.05) is 18.1 Å². The Balaban J connectivity index is 1.81. The lowest BCUT2D eigenvalue weighted by Crippen LogP contribution is -2.38. The Bertz CT molecular complexity index is 817. The highest BCUT2D eigenvalue weighted by atomic mass is 32.2. The van der Waals surface area contributed by atoms with Crippen molar-refractivity contribution < 1.29 is 35.9 Å². The van der Waals surface area contributed by atoms with E-state index < -0.39 is 46.1 Å². The maximum atomic E-state index is 12.6. The molecule has 1 atom stereocenters. The van der Waals surface area contributed by atoms with E-state index in [1.165, 1.54) is 12.1 Å². The second kappa shape index (κ2) is 7.90. The lowest BCUT2D eigenvalue weighted by molar-refractivity contribution is -0.144. The average Bonchev–Trinajstić information content (AvgIpc) is 2.89. The quantitative estimate of drug-likeness (QED) is 0.608. The Morgan fingerprint density at radius 3 is 2.65 bits per heavy atom. The second-order valence-electron chi connectivity index (χ2n) is 5.73. The van der Waals surface area contributed by atoms with E-state index in [0.29, 0.717) is 6.42 Å². The molecule has 26 heavy (non-hydrogen) atoms. The van der Waals surface area contributed by atoms with E-state index in [2.05, 4.69) is 10.1 Å². The van der Waals surface area contributed by atoms with Crippen LogP contribution in [-0.4, -0.2) is 44.4 Å². The van der Waals surface area contributed by atoms with E-state index in [1.807, 2.05) is 0 Å². The van der Waals surface area contributed by atoms with Crippen molar-refractivity contribution in [1.82, 2.24) is 5.32 Å². The number of rotatable bonds is 5. The van der Waals surface area contributed by atoms with Gasteiger partial charge in [-0.25, -0.2) is 13.2 Å². The number of alkyl halides is 3. The van der Waals surface area contributed by atoms with Crippen LogP contribution in [0.4, 0.5) is 13.2 Å². The molecule has 0 radical (unpaired) electrons. The molecule has 6 nitrogen and oxygen atoms in total. The molecule has 0 saturated carbocycles. The van der Waals surface area contributed by atoms with Gasteiger partial charge in [-0.15, -0.1) is 0 Å². The predicted octanol–water partition coefficient (Wildman–Crippen LogP) is 1.57. The largest absolute Gasteiger partial charge is 0.452 e. The van der Waals surface area contributed by atoms with Crippen LogP contribution < -0.4 is 5.32 Å². The summed E-state index contributed by atoms with van der Waals surface area (Å²) in [4.78, 5) is 23.1. The van der Waals surface area contributed by atoms with Crippen LogP contribution in [-0.2, 0) is 30.3 Å². The SMILES string of the molecule is O=C(COC(=O)/C=C/c1cccc(C(F)(F)F)c1)NC1CCS(=O)(=O)C1. The van der Waals surface area contributed by atoms with Gasteiger partial charge in [0.1, 0.15) is 0 Å². The van der Waals surface area contributed by atoms with E-state index in [4.69, 9.17) is 0 Å². The molecule has 2 rings (SSSR count). The van der Waals surface area contributed by atoms with E-state index in [-0.39, 0.29) is 17.1 Å². The van der Waals surface area contributed by atoms with Gasteiger partial charge in [-0.05, 0) is 30.2 Å². The van der Waals surface area contributed by atoms with E-state index in [1.54, 1.807) is 0 Å². The molecule has 1 aromatic rings. The van der Waals surface area contributed by atoms with E-state index >= 15 is 0 Å². The summed E-state index contributed by atoms with van der Waals surface area (Å²) in [6, 6.07) is 3.86. The highest BCUT2D eigenvalue weighted by Crippen LogP contribution is 2.29. The van der Waals surface area contributed by atoms with Crippen molar-refractivity contribution in [1.29, 1.82) is 0 Å². The standard InChI is InChI=1S/C16H16F3NO5S/c17-16(18,19)12-3-1-2-11(8-12)4-5-15(22)25-9-14(21)20-13-6-7-26(23,24)10-13/h1-5,8,13H,6-7,9-10H2,(H,20,21)/b5-4+. The molecule has 0 bridgehead atoms. The molecule has 1 aliphatic heterocycles. The van der Waals surface area contributed by atoms with E-state index in [9.17, 15) is 31.2 Å². The van der Waals surface area contributed by atoms with Gasteiger partial charge in [0.25, 0.3) is 5.91 Å². The topological polar surface area (TPSA) is 89.5 Å². The highest BCUT2D eigenvalue weighted by molar-refractivity contribution is 7.91. The molecule has 1 saturated heterocycles. The first-order valence-electron chi connectivity index (χ1n) is 7.57. The van der Waals surface area contributed by atoms with Crippen molar-refractivity contribution in [3.8, 4) is 0 Å². The number of nitrogens with one attached hydrogen (secondary N) is 1. The molecule has 0 aliphatic carbocycles. The summed E-state index contributed by atoms with van der Waals surface area (Å²) in [5.74, 6) is -1.70. The van der Waals surface area contributed by atoms with Gasteiger partial charge in [0.2, 0.25) is 0 Å². The van der Waals surface area contributed by atoms with Crippen LogP contribution in [0.5, 0.6) is 0 Å². The monoisotopic (exact) mass is 391 g/mol. The Hall–Kier alpha value is -2.36. The van der Waals surface area contributed by atoms with Crippen LogP contribution in [0.2, 0.25) is 0 Å². The number of carbonyl (C=O) groups excluding carboxylic acids is 2. The van der Waals surface area contributed by atoms with Crippen LogP contribution >= 0.6 is 0 Å². The predicted molar refractivity (Wildman–Crippen MR) is 86.6 cm³/mol. The van der Waals surface area contributed by atoms with Gasteiger partial charge in [0.15, 0.2) is 16.4 Å². The van der Waals surface area contributed by atoms with Crippen molar-refractivity contribution in [3.05, 3.63) is 41.5 Å². The van der Waals surface area contributed by atoms with Gasteiger partial charge in [0, 0.05) is 12.1 Å². The first kappa shape index (κ1) is 20.0. The number of esters is 1. The Kier molecular flexibility index (Phi) is 6.06. The molecule has 10 heteroatoms. The van der Waals surface area contributed by atoms with Crippen LogP contribution in [0, 0.1) is 0 Å². The lowest BCUT2D eigenvalue weighted by atomic mass is 10.1. The number of ether oxygens (including phenoxy) is 1. The maximum Gasteiger partial charge on any atom is 0.416 e. The third-order valence-corrected chi connectivity index (χ3v) is 5.34. The van der Waals surface area contributed by atoms with Gasteiger partial charge in [-0.3, -0.25) is 4.79 Å². The van der Waals surface area contributed by atoms with Crippen LogP contribution in [0.3, 0.4) is 0 Å². The van der Waals surface area contributed by atoms with Crippen molar-refractivity contribution >= 4 is 27.8 Å². The van der Waals surface area contributed by atoms with Gasteiger partial charge in [-0.1, -0.05) is 12.1 Å². The zero-order valence-corrected chi connectivity index (χ0v) is 14.3. The molecular weight excluding hydrogens is 375 g/mol. The van der Waals surface area contributed by atoms with Crippen molar-refractivity contribution in [2.24, 2.45) is 0 Å². The number of hydrogen-bond donors (Lipinski definition) is 1. The number of carbonyl (C=O) groups is 2. The molecule has 1 heterocycles. The molecule has 1 unspecified atom stereocenters. The first-order chi connectivity index (χ1) is 12.0. The second-order valence-corrected chi connectivity index (χ2v) is 7.96. The molecule has 1 amide bonds. The summed E-state index contributed by atoms with van der Waals surface area (Å²) >= 11 is 0. The van der Waals surface area contributed by atoms with E-state index in [0.717, 1.165) is 24.3 Å². The summed E-state index contributed by atoms with van der Waals surface area (Å²) in [6.45, 7) is -0.609. The van der Waals surface area contributed by atoms with Gasteiger partial charge in [0.05, 0.1) is 17.1 Å². The minimum absolute atomic E-state index is 0.00252. The fourth-order valence-electron chi connectivity index (χ4n) is 2.35. The number of amides is 1. The smallest absolute Gasteiger partial charge is 0.416 e. The Morgan fingerprint density at radius 1 is 1.31 bits per heavy atom. The minimum Gasteiger partial charge on any atom is -0.452 e. The van der Waals surface area contributed by atoms with Gasteiger partial charge in [-0.2, -0.15) is 13.2 Å². The number of halogens is 3. The molecule has 142 valence electrons. The van der Waals surface area contributed by atoms with Crippen molar-refractivity contribution in [2.45, 2.75) is 18.6 Å². The number of hydrogen-bond acceptors (Lipinski definition) is 5. The number of benzene rings is 1. The molecule has 0 aromatic heterocycles. The van der Waals surface area contributed by atoms with Gasteiger partial charge >= 0.3 is 12.1 Å². The zero-order valence-electron chi connectivity index (χ0n) is 13.5. The highest BCUT2D eigenvalue weighted by Gasteiger charge is 2.30. The summed E-state index contributed by atoms with van der Waals surface area (Å²) in [5.41, 5.74) is -0.698. The average molecular weight is 391 g/mol. The summed E-state index contributed by atoms with van der Waals surface area (Å²) in [5, 5.41) is 2.44. The van der Waals surface area contributed by atoms with Crippen LogP contribution in [0.25, 0.3) is 6.08 Å². The third-order valence-electron chi connectivity index (χ3n) is 3.57. The van der Waals surface area contributed by atoms with Gasteiger partial charge < -0.3 is 10.1 Å². The summed E-state index contributed by atoms with van der Waals surface area (Å²) in [7, 11) is -3.14. The lowest BCUT2D eigenvalue weighted by Gasteiger charge is -2.10. The fourth-order valence-corrected chi connectivity index (χ4v) is 4.02. The van der Waals surface area contributed by atoms with Crippen molar-refractivity contribution in [3.63, 3.8) is 0 Å². The normalized spacial score (nSPS) is 19.4. The Morgan fingerprint density at radius 2 is 2.04 bits per heavy atom. The molecule has 1 aromatic carbocycles. The molecular formula is C16H16F3NO5S. The maximum absolute atomic E-state index is 12.6. The molecule has 1 fully saturated rings. The molecule has 1 aliphatic rings. The first-order valence-corrected chi connectivity index (χ1v) is 9.39. The minimum atomic E-state index is -4.49. The molecule has 0 spiro atoms. The summed E-state index contributed by atoms with van der Waals surface area (Å²) < 4.78 is 65.0. The molecule has 1 N–H and O–H groups in total. The summed E-state index contributed by atoms with van der Waals surface area (Å²) in [6.07, 6.45) is -2.14. The van der Waals surface area contributed by atoms with Crippen LogP contribution in [0.15, 0.2) is 30.3 Å².